The van der Waals surface area contributed by atoms with Crippen molar-refractivity contribution in [1.29, 1.82) is 0 Å². The molecule has 3 aliphatic rings. The minimum atomic E-state index is -0.247. The standard InChI is InChI=1S/C25H36N2O4/c1-24(2)18-8-10-25(24,3)21(14-18)26-23(29)17-13-22(28)27(15-17)11-9-16-6-7-19(30-4)20(12-16)31-5/h6-7,12,17-18,21H,8-11,13-15H2,1-5H3,(H,26,29). The lowest BCUT2D eigenvalue weighted by Gasteiger charge is -2.39. The average molecular weight is 429 g/mol. The Balaban J connectivity index is 1.33. The molecule has 2 aliphatic carbocycles. The third kappa shape index (κ3) is 3.68. The first-order valence-electron chi connectivity index (χ1n) is 11.5. The first kappa shape index (κ1) is 22.0. The summed E-state index contributed by atoms with van der Waals surface area (Å²) in [4.78, 5) is 27.4. The molecule has 6 heteroatoms. The minimum absolute atomic E-state index is 0.0524. The summed E-state index contributed by atoms with van der Waals surface area (Å²) in [7, 11) is 3.23. The monoisotopic (exact) mass is 428 g/mol. The zero-order chi connectivity index (χ0) is 22.4. The van der Waals surface area contributed by atoms with Gasteiger partial charge in [-0.1, -0.05) is 26.8 Å². The number of nitrogens with zero attached hydrogens (tertiary/aromatic N) is 1. The van der Waals surface area contributed by atoms with Gasteiger partial charge >= 0.3 is 0 Å². The maximum Gasteiger partial charge on any atom is 0.225 e. The van der Waals surface area contributed by atoms with Crippen LogP contribution in [0.15, 0.2) is 18.2 Å². The van der Waals surface area contributed by atoms with Crippen LogP contribution in [0.4, 0.5) is 0 Å². The summed E-state index contributed by atoms with van der Waals surface area (Å²) in [5.74, 6) is 1.94. The fraction of sp³-hybridized carbons (Fsp3) is 0.680. The zero-order valence-electron chi connectivity index (χ0n) is 19.5. The Morgan fingerprint density at radius 1 is 1.19 bits per heavy atom. The van der Waals surface area contributed by atoms with E-state index in [1.165, 1.54) is 12.8 Å². The van der Waals surface area contributed by atoms with E-state index in [0.717, 1.165) is 18.4 Å². The number of amides is 2. The predicted octanol–water partition coefficient (Wildman–Crippen LogP) is 3.43. The first-order chi connectivity index (χ1) is 14.7. The first-order valence-corrected chi connectivity index (χ1v) is 11.5. The molecule has 1 heterocycles. The van der Waals surface area contributed by atoms with Gasteiger partial charge in [0.2, 0.25) is 11.8 Å². The van der Waals surface area contributed by atoms with E-state index < -0.39 is 0 Å². The predicted molar refractivity (Wildman–Crippen MR) is 119 cm³/mol. The van der Waals surface area contributed by atoms with Gasteiger partial charge in [-0.3, -0.25) is 9.59 Å². The number of hydrogen-bond donors (Lipinski definition) is 1. The zero-order valence-corrected chi connectivity index (χ0v) is 19.5. The van der Waals surface area contributed by atoms with Crippen LogP contribution in [0.5, 0.6) is 11.5 Å². The maximum absolute atomic E-state index is 13.0. The molecule has 4 rings (SSSR count). The van der Waals surface area contributed by atoms with Crippen LogP contribution in [-0.4, -0.2) is 50.1 Å². The number of carbonyl (C=O) groups excluding carboxylic acids is 2. The number of rotatable bonds is 7. The van der Waals surface area contributed by atoms with E-state index in [1.54, 1.807) is 14.2 Å². The molecule has 2 amide bonds. The summed E-state index contributed by atoms with van der Waals surface area (Å²) >= 11 is 0. The molecule has 3 fully saturated rings. The Hall–Kier alpha value is -2.24. The Morgan fingerprint density at radius 2 is 1.94 bits per heavy atom. The summed E-state index contributed by atoms with van der Waals surface area (Å²) in [5, 5.41) is 3.34. The number of hydrogen-bond acceptors (Lipinski definition) is 4. The molecule has 0 spiro atoms. The highest BCUT2D eigenvalue weighted by molar-refractivity contribution is 5.89. The largest absolute Gasteiger partial charge is 0.493 e. The van der Waals surface area contributed by atoms with E-state index in [-0.39, 0.29) is 34.6 Å². The van der Waals surface area contributed by atoms with Gasteiger partial charge in [-0.25, -0.2) is 0 Å². The van der Waals surface area contributed by atoms with E-state index in [4.69, 9.17) is 9.47 Å². The number of fused-ring (bicyclic) bond motifs is 2. The van der Waals surface area contributed by atoms with Gasteiger partial charge in [-0.2, -0.15) is 0 Å². The van der Waals surface area contributed by atoms with Crippen molar-refractivity contribution in [2.24, 2.45) is 22.7 Å². The van der Waals surface area contributed by atoms with Crippen molar-refractivity contribution in [2.75, 3.05) is 27.3 Å². The highest BCUT2D eigenvalue weighted by Crippen LogP contribution is 2.65. The lowest BCUT2D eigenvalue weighted by Crippen LogP contribution is -2.48. The molecular weight excluding hydrogens is 392 g/mol. The number of carbonyl (C=O) groups is 2. The van der Waals surface area contributed by atoms with E-state index in [9.17, 15) is 9.59 Å². The lowest BCUT2D eigenvalue weighted by molar-refractivity contribution is -0.129. The second-order valence-electron chi connectivity index (χ2n) is 10.4. The second kappa shape index (κ2) is 8.03. The highest BCUT2D eigenvalue weighted by Gasteiger charge is 2.61. The van der Waals surface area contributed by atoms with E-state index >= 15 is 0 Å². The molecule has 1 saturated heterocycles. The summed E-state index contributed by atoms with van der Waals surface area (Å²) in [6, 6.07) is 6.04. The Morgan fingerprint density at radius 3 is 2.55 bits per heavy atom. The van der Waals surface area contributed by atoms with Gasteiger partial charge in [-0.05, 0) is 60.1 Å². The summed E-state index contributed by atoms with van der Waals surface area (Å²) in [6.45, 7) is 8.15. The van der Waals surface area contributed by atoms with Crippen molar-refractivity contribution in [3.8, 4) is 11.5 Å². The van der Waals surface area contributed by atoms with E-state index in [2.05, 4.69) is 26.1 Å². The van der Waals surface area contributed by atoms with Crippen LogP contribution in [0, 0.1) is 22.7 Å². The van der Waals surface area contributed by atoms with Crippen molar-refractivity contribution < 1.29 is 19.1 Å². The summed E-state index contributed by atoms with van der Waals surface area (Å²) in [6.07, 6.45) is 4.54. The fourth-order valence-electron chi connectivity index (χ4n) is 6.18. The van der Waals surface area contributed by atoms with Crippen LogP contribution in [0.25, 0.3) is 0 Å². The van der Waals surface area contributed by atoms with Crippen molar-refractivity contribution in [3.63, 3.8) is 0 Å². The van der Waals surface area contributed by atoms with Crippen molar-refractivity contribution >= 4 is 11.8 Å². The van der Waals surface area contributed by atoms with Crippen molar-refractivity contribution in [2.45, 2.75) is 58.9 Å². The highest BCUT2D eigenvalue weighted by atomic mass is 16.5. The molecule has 2 bridgehead atoms. The Bertz CT molecular complexity index is 867. The molecule has 31 heavy (non-hydrogen) atoms. The lowest BCUT2D eigenvalue weighted by atomic mass is 9.69. The summed E-state index contributed by atoms with van der Waals surface area (Å²) in [5.41, 5.74) is 1.50. The van der Waals surface area contributed by atoms with Crippen LogP contribution in [0.2, 0.25) is 0 Å². The van der Waals surface area contributed by atoms with Gasteiger partial charge in [0.15, 0.2) is 11.5 Å². The smallest absolute Gasteiger partial charge is 0.225 e. The van der Waals surface area contributed by atoms with Crippen LogP contribution in [0.1, 0.15) is 52.0 Å². The van der Waals surface area contributed by atoms with Crippen molar-refractivity contribution in [3.05, 3.63) is 23.8 Å². The minimum Gasteiger partial charge on any atom is -0.493 e. The van der Waals surface area contributed by atoms with Gasteiger partial charge in [0.05, 0.1) is 20.1 Å². The summed E-state index contributed by atoms with van der Waals surface area (Å²) < 4.78 is 10.7. The molecule has 170 valence electrons. The quantitative estimate of drug-likeness (QED) is 0.723. The molecule has 2 saturated carbocycles. The van der Waals surface area contributed by atoms with Gasteiger partial charge in [0, 0.05) is 25.6 Å². The third-order valence-corrected chi connectivity index (χ3v) is 8.81. The van der Waals surface area contributed by atoms with Crippen molar-refractivity contribution in [1.82, 2.24) is 10.2 Å². The van der Waals surface area contributed by atoms with Gasteiger partial charge in [-0.15, -0.1) is 0 Å². The SMILES string of the molecule is COc1ccc(CCN2CC(C(=O)NC3CC4CCC3(C)C4(C)C)CC2=O)cc1OC. The topological polar surface area (TPSA) is 67.9 Å². The molecule has 1 aromatic carbocycles. The van der Waals surface area contributed by atoms with Gasteiger partial charge in [0.1, 0.15) is 0 Å². The number of methoxy groups -OCH3 is 2. The normalized spacial score (nSPS) is 31.2. The number of ether oxygens (including phenoxy) is 2. The fourth-order valence-corrected chi connectivity index (χ4v) is 6.18. The molecule has 4 unspecified atom stereocenters. The number of benzene rings is 1. The van der Waals surface area contributed by atoms with Gasteiger partial charge < -0.3 is 19.7 Å². The molecular formula is C25H36N2O4. The maximum atomic E-state index is 13.0. The molecule has 0 radical (unpaired) electrons. The average Bonchev–Trinajstić information content (AvgIpc) is 3.29. The van der Waals surface area contributed by atoms with Crippen LogP contribution < -0.4 is 14.8 Å². The third-order valence-electron chi connectivity index (χ3n) is 8.81. The van der Waals surface area contributed by atoms with Crippen LogP contribution in [0.3, 0.4) is 0 Å². The van der Waals surface area contributed by atoms with E-state index in [0.29, 0.717) is 36.9 Å². The van der Waals surface area contributed by atoms with Crippen LogP contribution >= 0.6 is 0 Å². The molecule has 1 aromatic rings. The van der Waals surface area contributed by atoms with Gasteiger partial charge in [0.25, 0.3) is 0 Å². The van der Waals surface area contributed by atoms with Crippen LogP contribution in [-0.2, 0) is 16.0 Å². The second-order valence-corrected chi connectivity index (χ2v) is 10.4. The molecule has 1 aliphatic heterocycles. The van der Waals surface area contributed by atoms with E-state index in [1.807, 2.05) is 23.1 Å². The number of nitrogens with one attached hydrogen (secondary N) is 1. The molecule has 6 nitrogen and oxygen atoms in total. The molecule has 0 aromatic heterocycles. The molecule has 4 atom stereocenters. The Kier molecular flexibility index (Phi) is 5.69. The molecule has 1 N–H and O–H groups in total. The Labute approximate surface area is 185 Å². The number of likely N-dealkylation sites (tertiary alicyclic amines) is 1.